The van der Waals surface area contributed by atoms with Gasteiger partial charge in [0.05, 0.1) is 0 Å². The second-order valence-electron chi connectivity index (χ2n) is 8.11. The fourth-order valence-electron chi connectivity index (χ4n) is 4.90. The lowest BCUT2D eigenvalue weighted by atomic mass is 9.81. The van der Waals surface area contributed by atoms with Gasteiger partial charge >= 0.3 is 6.03 Å². The van der Waals surface area contributed by atoms with Gasteiger partial charge in [0.2, 0.25) is 0 Å². The summed E-state index contributed by atoms with van der Waals surface area (Å²) >= 11 is 0. The summed E-state index contributed by atoms with van der Waals surface area (Å²) in [6, 6.07) is 22.0. The minimum atomic E-state index is -2.26. The Morgan fingerprint density at radius 1 is 0.793 bits per heavy atom. The first-order valence-electron chi connectivity index (χ1n) is 10.7. The van der Waals surface area contributed by atoms with Gasteiger partial charge in [-0.3, -0.25) is 14.3 Å². The van der Waals surface area contributed by atoms with Gasteiger partial charge in [0, 0.05) is 6.04 Å². The molecule has 0 aliphatic carbocycles. The number of nitrogens with zero attached hydrogens (tertiary/aromatic N) is 2. The topological polar surface area (TPSA) is 40.6 Å². The number of amides is 3. The largest absolute Gasteiger partial charge is 0.320 e. The van der Waals surface area contributed by atoms with Crippen LogP contribution in [-0.4, -0.2) is 35.7 Å². The number of benzene rings is 2. The molecule has 3 amide bonds. The molecule has 3 rings (SSSR count). The number of hydrogen-bond acceptors (Lipinski definition) is 2. The summed E-state index contributed by atoms with van der Waals surface area (Å²) in [5.41, 5.74) is 0.588. The van der Waals surface area contributed by atoms with Gasteiger partial charge in [-0.1, -0.05) is 81.4 Å². The Labute approximate surface area is 175 Å². The van der Waals surface area contributed by atoms with Crippen LogP contribution in [0.2, 0.25) is 18.1 Å². The third-order valence-corrected chi connectivity index (χ3v) is 11.9. The van der Waals surface area contributed by atoms with Crippen LogP contribution in [0.3, 0.4) is 0 Å². The molecular formula is C24H32N2O2Si. The quantitative estimate of drug-likeness (QED) is 0.441. The first-order valence-corrected chi connectivity index (χ1v) is 13.3. The van der Waals surface area contributed by atoms with Crippen molar-refractivity contribution in [2.75, 3.05) is 0 Å². The van der Waals surface area contributed by atoms with Crippen molar-refractivity contribution in [3.8, 4) is 0 Å². The summed E-state index contributed by atoms with van der Waals surface area (Å²) in [5.74, 6) is -0.0779. The van der Waals surface area contributed by atoms with Crippen LogP contribution in [0.5, 0.6) is 0 Å². The van der Waals surface area contributed by atoms with Crippen molar-refractivity contribution >= 4 is 20.2 Å². The SMILES string of the molecule is CC[Si](CC)(CC)N1C(=O)N(C(C)C)C(c2ccccc2)(c2ccccc2)C1=O. The molecule has 1 aliphatic rings. The number of imide groups is 1. The zero-order valence-corrected chi connectivity index (χ0v) is 19.2. The molecule has 4 nitrogen and oxygen atoms in total. The molecule has 0 saturated carbocycles. The first-order chi connectivity index (χ1) is 13.9. The molecule has 0 bridgehead atoms. The standard InChI is InChI=1S/C24H32N2O2Si/c1-6-29(7-2,8-3)26-22(27)24(20-15-11-9-12-16-20,21-17-13-10-14-18-21)25(19(4)5)23(26)28/h9-19H,6-8H2,1-5H3. The van der Waals surface area contributed by atoms with E-state index in [0.29, 0.717) is 0 Å². The van der Waals surface area contributed by atoms with E-state index in [0.717, 1.165) is 29.3 Å². The van der Waals surface area contributed by atoms with Gasteiger partial charge in [-0.2, -0.15) is 0 Å². The van der Waals surface area contributed by atoms with E-state index in [2.05, 4.69) is 20.8 Å². The van der Waals surface area contributed by atoms with E-state index in [1.807, 2.05) is 79.4 Å². The number of urea groups is 1. The number of hydrogen-bond donors (Lipinski definition) is 0. The van der Waals surface area contributed by atoms with Crippen molar-refractivity contribution in [3.63, 3.8) is 0 Å². The lowest BCUT2D eigenvalue weighted by molar-refractivity contribution is -0.129. The van der Waals surface area contributed by atoms with Crippen molar-refractivity contribution in [1.29, 1.82) is 0 Å². The highest BCUT2D eigenvalue weighted by atomic mass is 28.3. The van der Waals surface area contributed by atoms with E-state index >= 15 is 0 Å². The molecule has 0 radical (unpaired) electrons. The van der Waals surface area contributed by atoms with Crippen LogP contribution >= 0.6 is 0 Å². The average Bonchev–Trinajstić information content (AvgIpc) is 3.00. The van der Waals surface area contributed by atoms with Crippen LogP contribution in [0.4, 0.5) is 4.79 Å². The third-order valence-electron chi connectivity index (χ3n) is 6.62. The lowest BCUT2D eigenvalue weighted by Gasteiger charge is -2.39. The van der Waals surface area contributed by atoms with Gasteiger partial charge in [-0.05, 0) is 43.1 Å². The van der Waals surface area contributed by atoms with E-state index in [9.17, 15) is 9.59 Å². The Morgan fingerprint density at radius 3 is 1.55 bits per heavy atom. The Bertz CT molecular complexity index is 815. The molecule has 154 valence electrons. The Kier molecular flexibility index (Phi) is 5.99. The molecule has 1 aliphatic heterocycles. The predicted molar refractivity (Wildman–Crippen MR) is 120 cm³/mol. The predicted octanol–water partition coefficient (Wildman–Crippen LogP) is 5.61. The van der Waals surface area contributed by atoms with Crippen molar-refractivity contribution in [3.05, 3.63) is 71.8 Å². The Balaban J connectivity index is 2.37. The normalized spacial score (nSPS) is 16.8. The van der Waals surface area contributed by atoms with E-state index in [-0.39, 0.29) is 18.0 Å². The van der Waals surface area contributed by atoms with Crippen molar-refractivity contribution in [2.24, 2.45) is 0 Å². The summed E-state index contributed by atoms with van der Waals surface area (Å²) in [6.07, 6.45) is 0. The molecule has 0 spiro atoms. The molecule has 0 atom stereocenters. The van der Waals surface area contributed by atoms with Crippen LogP contribution < -0.4 is 0 Å². The molecule has 29 heavy (non-hydrogen) atoms. The van der Waals surface area contributed by atoms with Gasteiger partial charge in [0.25, 0.3) is 5.91 Å². The molecule has 1 fully saturated rings. The Morgan fingerprint density at radius 2 is 1.21 bits per heavy atom. The highest BCUT2D eigenvalue weighted by Crippen LogP contribution is 2.47. The van der Waals surface area contributed by atoms with Crippen molar-refractivity contribution in [1.82, 2.24) is 9.47 Å². The molecule has 1 heterocycles. The van der Waals surface area contributed by atoms with E-state index in [1.165, 1.54) is 0 Å². The van der Waals surface area contributed by atoms with Crippen LogP contribution in [0.25, 0.3) is 0 Å². The molecule has 0 N–H and O–H groups in total. The van der Waals surface area contributed by atoms with E-state index < -0.39 is 13.8 Å². The van der Waals surface area contributed by atoms with Gasteiger partial charge in [-0.25, -0.2) is 4.79 Å². The highest BCUT2D eigenvalue weighted by molar-refractivity contribution is 6.81. The average molecular weight is 409 g/mol. The number of rotatable bonds is 7. The maximum Gasteiger partial charge on any atom is 0.320 e. The smallest absolute Gasteiger partial charge is 0.300 e. The molecule has 0 aromatic heterocycles. The fraction of sp³-hybridized carbons (Fsp3) is 0.417. The van der Waals surface area contributed by atoms with Crippen molar-refractivity contribution in [2.45, 2.75) is 64.3 Å². The highest BCUT2D eigenvalue weighted by Gasteiger charge is 2.63. The van der Waals surface area contributed by atoms with E-state index in [1.54, 1.807) is 4.57 Å². The van der Waals surface area contributed by atoms with E-state index in [4.69, 9.17) is 0 Å². The van der Waals surface area contributed by atoms with Gasteiger partial charge in [-0.15, -0.1) is 0 Å². The number of carbonyl (C=O) groups excluding carboxylic acids is 2. The Hall–Kier alpha value is -2.40. The first kappa shape index (κ1) is 21.3. The zero-order chi connectivity index (χ0) is 21.2. The van der Waals surface area contributed by atoms with Gasteiger partial charge in [0.15, 0.2) is 13.8 Å². The van der Waals surface area contributed by atoms with Crippen LogP contribution in [0, 0.1) is 0 Å². The summed E-state index contributed by atoms with van der Waals surface area (Å²) < 4.78 is 1.72. The second kappa shape index (κ2) is 8.15. The molecule has 1 saturated heterocycles. The monoisotopic (exact) mass is 408 g/mol. The van der Waals surface area contributed by atoms with Crippen LogP contribution in [0.1, 0.15) is 45.7 Å². The van der Waals surface area contributed by atoms with Gasteiger partial charge in [0.1, 0.15) is 0 Å². The summed E-state index contributed by atoms with van der Waals surface area (Å²) in [7, 11) is -2.26. The molecule has 5 heteroatoms. The summed E-state index contributed by atoms with van der Waals surface area (Å²) in [6.45, 7) is 10.4. The fourth-order valence-corrected chi connectivity index (χ4v) is 8.46. The van der Waals surface area contributed by atoms with Crippen molar-refractivity contribution < 1.29 is 9.59 Å². The van der Waals surface area contributed by atoms with Gasteiger partial charge < -0.3 is 0 Å². The third kappa shape index (κ3) is 3.03. The minimum absolute atomic E-state index is 0.0779. The second-order valence-corrected chi connectivity index (χ2v) is 13.1. The van der Waals surface area contributed by atoms with Crippen LogP contribution in [0.15, 0.2) is 60.7 Å². The maximum atomic E-state index is 14.4. The summed E-state index contributed by atoms with van der Waals surface area (Å²) in [4.78, 5) is 30.1. The van der Waals surface area contributed by atoms with Crippen LogP contribution in [-0.2, 0) is 10.3 Å². The molecule has 2 aromatic rings. The minimum Gasteiger partial charge on any atom is -0.300 e. The lowest BCUT2D eigenvalue weighted by Crippen LogP contribution is -2.56. The zero-order valence-electron chi connectivity index (χ0n) is 18.2. The number of carbonyl (C=O) groups is 2. The molecular weight excluding hydrogens is 376 g/mol. The summed E-state index contributed by atoms with van der Waals surface area (Å²) in [5, 5.41) is 0. The molecule has 2 aromatic carbocycles. The maximum absolute atomic E-state index is 14.4. The molecule has 0 unspecified atom stereocenters.